The van der Waals surface area contributed by atoms with Gasteiger partial charge in [0.1, 0.15) is 5.69 Å². The summed E-state index contributed by atoms with van der Waals surface area (Å²) in [5, 5.41) is 3.02. The molecule has 7 heteroatoms. The van der Waals surface area contributed by atoms with E-state index < -0.39 is 0 Å². The third-order valence-corrected chi connectivity index (χ3v) is 6.63. The van der Waals surface area contributed by atoms with Crippen molar-refractivity contribution in [2.75, 3.05) is 13.6 Å². The highest BCUT2D eigenvalue weighted by molar-refractivity contribution is 6.00. The third kappa shape index (κ3) is 6.50. The summed E-state index contributed by atoms with van der Waals surface area (Å²) < 4.78 is 1.79. The van der Waals surface area contributed by atoms with E-state index in [0.29, 0.717) is 35.6 Å². The van der Waals surface area contributed by atoms with Crippen molar-refractivity contribution >= 4 is 11.8 Å². The van der Waals surface area contributed by atoms with Gasteiger partial charge >= 0.3 is 0 Å². The number of hydrogen-bond donors (Lipinski definition) is 1. The summed E-state index contributed by atoms with van der Waals surface area (Å²) in [6.07, 6.45) is 7.44. The molecule has 1 atom stereocenters. The predicted octanol–water partition coefficient (Wildman–Crippen LogP) is 4.68. The predicted molar refractivity (Wildman–Crippen MR) is 145 cm³/mol. The minimum atomic E-state index is -0.120. The van der Waals surface area contributed by atoms with Crippen molar-refractivity contribution in [3.05, 3.63) is 108 Å². The van der Waals surface area contributed by atoms with Gasteiger partial charge in [-0.25, -0.2) is 9.97 Å². The first-order valence-electron chi connectivity index (χ1n) is 12.5. The lowest BCUT2D eigenvalue weighted by Crippen LogP contribution is -2.40. The van der Waals surface area contributed by atoms with Crippen LogP contribution >= 0.6 is 0 Å². The summed E-state index contributed by atoms with van der Waals surface area (Å²) >= 11 is 0. The van der Waals surface area contributed by atoms with Gasteiger partial charge in [0.2, 0.25) is 0 Å². The Labute approximate surface area is 218 Å². The maximum Gasteiger partial charge on any atom is 0.267 e. The van der Waals surface area contributed by atoms with E-state index in [4.69, 9.17) is 0 Å². The molecule has 2 amide bonds. The quantitative estimate of drug-likeness (QED) is 0.346. The Balaban J connectivity index is 1.53. The van der Waals surface area contributed by atoms with Gasteiger partial charge in [0.05, 0.1) is 5.56 Å². The first-order chi connectivity index (χ1) is 17.9. The number of benzene rings is 2. The van der Waals surface area contributed by atoms with Gasteiger partial charge in [-0.1, -0.05) is 48.0 Å². The molecule has 0 fully saturated rings. The first kappa shape index (κ1) is 25.8. The second kappa shape index (κ2) is 12.1. The van der Waals surface area contributed by atoms with E-state index in [-0.39, 0.29) is 17.9 Å². The van der Waals surface area contributed by atoms with Crippen molar-refractivity contribution in [1.82, 2.24) is 24.8 Å². The van der Waals surface area contributed by atoms with E-state index in [1.165, 1.54) is 5.56 Å². The van der Waals surface area contributed by atoms with Crippen LogP contribution in [0.15, 0.2) is 85.3 Å². The van der Waals surface area contributed by atoms with Crippen molar-refractivity contribution in [1.29, 1.82) is 0 Å². The summed E-state index contributed by atoms with van der Waals surface area (Å²) in [5.74, 6) is 0.318. The Kier molecular flexibility index (Phi) is 8.46. The number of carbonyl (C=O) groups is 2. The number of amides is 2. The zero-order valence-corrected chi connectivity index (χ0v) is 21.6. The molecule has 4 aromatic rings. The van der Waals surface area contributed by atoms with Crippen LogP contribution in [0.2, 0.25) is 0 Å². The normalized spacial score (nSPS) is 11.6. The highest BCUT2D eigenvalue weighted by Gasteiger charge is 2.24. The molecule has 0 saturated carbocycles. The fourth-order valence-corrected chi connectivity index (χ4v) is 4.47. The molecule has 1 N–H and O–H groups in total. The van der Waals surface area contributed by atoms with Crippen LogP contribution in [0.1, 0.15) is 44.8 Å². The van der Waals surface area contributed by atoms with Crippen LogP contribution < -0.4 is 5.32 Å². The second-order valence-corrected chi connectivity index (χ2v) is 9.26. The van der Waals surface area contributed by atoms with E-state index in [0.717, 1.165) is 18.4 Å². The lowest BCUT2D eigenvalue weighted by atomic mass is 9.98. The Morgan fingerprint density at radius 2 is 1.73 bits per heavy atom. The van der Waals surface area contributed by atoms with Crippen LogP contribution in [0, 0.1) is 6.92 Å². The Hall–Kier alpha value is -4.26. The lowest BCUT2D eigenvalue weighted by Gasteiger charge is -2.29. The van der Waals surface area contributed by atoms with Gasteiger partial charge in [0.25, 0.3) is 11.8 Å². The summed E-state index contributed by atoms with van der Waals surface area (Å²) in [6, 6.07) is 21.3. The number of carbonyl (C=O) groups excluding carboxylic acids is 2. The first-order valence-corrected chi connectivity index (χ1v) is 12.5. The fourth-order valence-electron chi connectivity index (χ4n) is 4.47. The molecular formula is C30H33N5O2. The van der Waals surface area contributed by atoms with Crippen molar-refractivity contribution in [2.45, 2.75) is 32.2 Å². The van der Waals surface area contributed by atoms with Crippen LogP contribution in [-0.4, -0.2) is 50.9 Å². The summed E-state index contributed by atoms with van der Waals surface area (Å²) in [4.78, 5) is 37.0. The molecule has 190 valence electrons. The Morgan fingerprint density at radius 1 is 0.973 bits per heavy atom. The van der Waals surface area contributed by atoms with Gasteiger partial charge in [-0.2, -0.15) is 0 Å². The molecule has 2 aromatic heterocycles. The largest absolute Gasteiger partial charge is 0.351 e. The van der Waals surface area contributed by atoms with Crippen molar-refractivity contribution < 1.29 is 9.59 Å². The minimum absolute atomic E-state index is 0.0773. The van der Waals surface area contributed by atoms with Gasteiger partial charge in [-0.05, 0) is 56.0 Å². The van der Waals surface area contributed by atoms with Crippen LogP contribution in [-0.2, 0) is 13.5 Å². The molecule has 37 heavy (non-hydrogen) atoms. The van der Waals surface area contributed by atoms with Crippen molar-refractivity contribution in [3.8, 4) is 11.4 Å². The van der Waals surface area contributed by atoms with Crippen LogP contribution in [0.25, 0.3) is 11.4 Å². The number of nitrogens with one attached hydrogen (secondary N) is 1. The topological polar surface area (TPSA) is 80.1 Å². The van der Waals surface area contributed by atoms with Gasteiger partial charge in [-0.3, -0.25) is 9.59 Å². The molecule has 0 aliphatic carbocycles. The highest BCUT2D eigenvalue weighted by Crippen LogP contribution is 2.24. The summed E-state index contributed by atoms with van der Waals surface area (Å²) in [6.45, 7) is 2.43. The molecular weight excluding hydrogens is 462 g/mol. The molecule has 2 aromatic carbocycles. The van der Waals surface area contributed by atoms with E-state index in [9.17, 15) is 9.59 Å². The minimum Gasteiger partial charge on any atom is -0.351 e. The van der Waals surface area contributed by atoms with Gasteiger partial charge < -0.3 is 14.8 Å². The molecule has 0 radical (unpaired) electrons. The van der Waals surface area contributed by atoms with E-state index in [1.807, 2.05) is 69.7 Å². The second-order valence-electron chi connectivity index (χ2n) is 9.26. The zero-order valence-electron chi connectivity index (χ0n) is 21.6. The van der Waals surface area contributed by atoms with E-state index in [1.54, 1.807) is 34.0 Å². The smallest absolute Gasteiger partial charge is 0.267 e. The Bertz CT molecular complexity index is 1330. The fraction of sp³-hybridized carbons (Fsp3) is 0.267. The number of aryl methyl sites for hydroxylation is 3. The van der Waals surface area contributed by atoms with Gasteiger partial charge in [-0.15, -0.1) is 0 Å². The van der Waals surface area contributed by atoms with E-state index >= 15 is 0 Å². The zero-order chi connectivity index (χ0) is 26.2. The standard InChI is InChI=1S/C30H33N5O2/c1-22-12-15-25(28-31-17-8-18-32-28)26(21-22)30(37)35(3)24(14-13-23-9-5-4-6-10-23)16-19-33-29(36)27-11-7-20-34(27)2/h4-12,15,17-18,20-21,24H,13-14,16,19H2,1-3H3,(H,33,36)/t24-/m0/s1. The molecule has 0 saturated heterocycles. The molecule has 0 aliphatic heterocycles. The van der Waals surface area contributed by atoms with Crippen molar-refractivity contribution in [3.63, 3.8) is 0 Å². The SMILES string of the molecule is Cc1ccc(-c2ncccn2)c(C(=O)N(C)[C@H](CCNC(=O)c2cccn2C)CCc2ccccc2)c1. The van der Waals surface area contributed by atoms with Gasteiger partial charge in [0, 0.05) is 50.8 Å². The average molecular weight is 496 g/mol. The summed E-state index contributed by atoms with van der Waals surface area (Å²) in [5.41, 5.74) is 4.10. The molecule has 0 bridgehead atoms. The van der Waals surface area contributed by atoms with Crippen LogP contribution in [0.4, 0.5) is 0 Å². The monoisotopic (exact) mass is 495 g/mol. The van der Waals surface area contributed by atoms with Crippen molar-refractivity contribution in [2.24, 2.45) is 7.05 Å². The number of nitrogens with zero attached hydrogens (tertiary/aromatic N) is 4. The maximum absolute atomic E-state index is 13.9. The number of aromatic nitrogens is 3. The van der Waals surface area contributed by atoms with E-state index in [2.05, 4.69) is 27.4 Å². The highest BCUT2D eigenvalue weighted by atomic mass is 16.2. The maximum atomic E-state index is 13.9. The Morgan fingerprint density at radius 3 is 2.43 bits per heavy atom. The van der Waals surface area contributed by atoms with Crippen LogP contribution in [0.3, 0.4) is 0 Å². The molecule has 4 rings (SSSR count). The molecule has 0 unspecified atom stereocenters. The molecule has 0 spiro atoms. The summed E-state index contributed by atoms with van der Waals surface area (Å²) in [7, 11) is 3.69. The van der Waals surface area contributed by atoms with Gasteiger partial charge in [0.15, 0.2) is 5.82 Å². The third-order valence-electron chi connectivity index (χ3n) is 6.63. The van der Waals surface area contributed by atoms with Crippen LogP contribution in [0.5, 0.6) is 0 Å². The number of rotatable bonds is 10. The molecule has 7 nitrogen and oxygen atoms in total. The average Bonchev–Trinajstić information content (AvgIpc) is 3.36. The molecule has 0 aliphatic rings. The number of hydrogen-bond acceptors (Lipinski definition) is 4. The molecule has 2 heterocycles. The lowest BCUT2D eigenvalue weighted by molar-refractivity contribution is 0.0716.